The van der Waals surface area contributed by atoms with E-state index in [1.165, 1.54) is 22.3 Å². The molecule has 14 heavy (non-hydrogen) atoms. The minimum absolute atomic E-state index is 0.983. The summed E-state index contributed by atoms with van der Waals surface area (Å²) < 4.78 is 0. The van der Waals surface area contributed by atoms with E-state index in [1.807, 2.05) is 12.1 Å². The second-order valence-electron chi connectivity index (χ2n) is 3.42. The van der Waals surface area contributed by atoms with Crippen LogP contribution in [-0.2, 0) is 0 Å². The predicted octanol–water partition coefficient (Wildman–Crippen LogP) is 3.43. The molecule has 2 aromatic carbocycles. The normalized spacial score (nSPS) is 12.4. The Morgan fingerprint density at radius 1 is 0.571 bits per heavy atom. The lowest BCUT2D eigenvalue weighted by Gasteiger charge is -1.97. The molecule has 0 saturated heterocycles. The first-order valence-corrected chi connectivity index (χ1v) is 5.02. The lowest BCUT2D eigenvalue weighted by atomic mass is 10.1. The zero-order valence-electron chi connectivity index (χ0n) is 7.53. The number of hydrogen-bond donors (Lipinski definition) is 0. The summed E-state index contributed by atoms with van der Waals surface area (Å²) in [4.78, 5) is 0.983. The van der Waals surface area contributed by atoms with Gasteiger partial charge in [0, 0.05) is 11.1 Å². The number of hydrogen-bond acceptors (Lipinski definition) is 1. The third kappa shape index (κ3) is 0.904. The van der Waals surface area contributed by atoms with Gasteiger partial charge >= 0.3 is 0 Å². The fourth-order valence-corrected chi connectivity index (χ4v) is 2.33. The fourth-order valence-electron chi connectivity index (χ4n) is 1.98. The van der Waals surface area contributed by atoms with Gasteiger partial charge in [0.2, 0.25) is 0 Å². The molecule has 0 bridgehead atoms. The lowest BCUT2D eigenvalue weighted by Crippen LogP contribution is -1.91. The van der Waals surface area contributed by atoms with Crippen LogP contribution in [0.25, 0.3) is 11.1 Å². The monoisotopic (exact) mass is 196 g/mol. The number of rotatable bonds is 0. The Morgan fingerprint density at radius 2 is 0.929 bits per heavy atom. The molecule has 0 amide bonds. The van der Waals surface area contributed by atoms with Gasteiger partial charge in [0.1, 0.15) is 0 Å². The molecular formula is C13H8S. The molecule has 0 fully saturated rings. The van der Waals surface area contributed by atoms with Gasteiger partial charge in [-0.1, -0.05) is 60.7 Å². The van der Waals surface area contributed by atoms with E-state index >= 15 is 0 Å². The van der Waals surface area contributed by atoms with Gasteiger partial charge in [0.05, 0.1) is 4.86 Å². The van der Waals surface area contributed by atoms with Crippen LogP contribution in [0.2, 0.25) is 0 Å². The SMILES string of the molecule is S=C1c2ccccc2-c2ccccc21. The van der Waals surface area contributed by atoms with Gasteiger partial charge in [-0.3, -0.25) is 0 Å². The van der Waals surface area contributed by atoms with Crippen LogP contribution in [0.15, 0.2) is 48.5 Å². The largest absolute Gasteiger partial charge is 0.0787 e. The molecule has 0 saturated carbocycles. The molecule has 2 aromatic rings. The van der Waals surface area contributed by atoms with E-state index in [9.17, 15) is 0 Å². The maximum absolute atomic E-state index is 5.43. The van der Waals surface area contributed by atoms with E-state index in [1.54, 1.807) is 0 Å². The zero-order valence-corrected chi connectivity index (χ0v) is 8.34. The van der Waals surface area contributed by atoms with E-state index in [0.717, 1.165) is 4.86 Å². The average Bonchev–Trinajstić information content (AvgIpc) is 2.55. The standard InChI is InChI=1S/C13H8S/c14-13-11-7-3-1-5-9(11)10-6-2-4-8-12(10)13/h1-8H. The smallest absolute Gasteiger partial charge is 0.0534 e. The van der Waals surface area contributed by atoms with Crippen molar-refractivity contribution in [3.63, 3.8) is 0 Å². The van der Waals surface area contributed by atoms with Crippen LogP contribution in [0.5, 0.6) is 0 Å². The summed E-state index contributed by atoms with van der Waals surface area (Å²) in [5, 5.41) is 0. The van der Waals surface area contributed by atoms with Crippen molar-refractivity contribution in [2.75, 3.05) is 0 Å². The molecule has 66 valence electrons. The van der Waals surface area contributed by atoms with Crippen LogP contribution >= 0.6 is 12.2 Å². The van der Waals surface area contributed by atoms with Crippen molar-refractivity contribution in [1.29, 1.82) is 0 Å². The van der Waals surface area contributed by atoms with Crippen molar-refractivity contribution < 1.29 is 0 Å². The summed E-state index contributed by atoms with van der Waals surface area (Å²) in [5.41, 5.74) is 4.94. The molecule has 0 nitrogen and oxygen atoms in total. The van der Waals surface area contributed by atoms with Crippen LogP contribution in [0.4, 0.5) is 0 Å². The first-order chi connectivity index (χ1) is 6.88. The summed E-state index contributed by atoms with van der Waals surface area (Å²) in [6, 6.07) is 16.7. The van der Waals surface area contributed by atoms with Crippen LogP contribution in [0.3, 0.4) is 0 Å². The van der Waals surface area contributed by atoms with Gasteiger partial charge in [-0.25, -0.2) is 0 Å². The maximum atomic E-state index is 5.43. The van der Waals surface area contributed by atoms with Gasteiger partial charge < -0.3 is 0 Å². The Kier molecular flexibility index (Phi) is 1.55. The van der Waals surface area contributed by atoms with E-state index in [0.29, 0.717) is 0 Å². The fraction of sp³-hybridized carbons (Fsp3) is 0. The van der Waals surface area contributed by atoms with Crippen molar-refractivity contribution in [2.24, 2.45) is 0 Å². The van der Waals surface area contributed by atoms with Gasteiger partial charge in [-0.05, 0) is 11.1 Å². The molecule has 1 aliphatic rings. The molecule has 0 radical (unpaired) electrons. The second kappa shape index (κ2) is 2.76. The number of thiocarbonyl (C=S) groups is 1. The van der Waals surface area contributed by atoms with Crippen molar-refractivity contribution in [2.45, 2.75) is 0 Å². The summed E-state index contributed by atoms with van der Waals surface area (Å²) in [6.07, 6.45) is 0. The zero-order chi connectivity index (χ0) is 9.54. The predicted molar refractivity (Wildman–Crippen MR) is 62.7 cm³/mol. The van der Waals surface area contributed by atoms with Gasteiger partial charge in [-0.15, -0.1) is 0 Å². The molecule has 1 heteroatoms. The Labute approximate surface area is 88.2 Å². The molecule has 1 aliphatic carbocycles. The van der Waals surface area contributed by atoms with Gasteiger partial charge in [0.25, 0.3) is 0 Å². The number of benzene rings is 2. The molecule has 3 rings (SSSR count). The molecule has 0 heterocycles. The van der Waals surface area contributed by atoms with Crippen LogP contribution in [0, 0.1) is 0 Å². The molecule has 0 spiro atoms. The first-order valence-electron chi connectivity index (χ1n) is 4.61. The van der Waals surface area contributed by atoms with Crippen molar-refractivity contribution in [1.82, 2.24) is 0 Å². The number of fused-ring (bicyclic) bond motifs is 3. The molecular weight excluding hydrogens is 188 g/mol. The van der Waals surface area contributed by atoms with Crippen LogP contribution in [0.1, 0.15) is 11.1 Å². The van der Waals surface area contributed by atoms with Crippen LogP contribution in [-0.4, -0.2) is 4.86 Å². The quantitative estimate of drug-likeness (QED) is 0.496. The van der Waals surface area contributed by atoms with Gasteiger partial charge in [0.15, 0.2) is 0 Å². The van der Waals surface area contributed by atoms with Crippen LogP contribution < -0.4 is 0 Å². The maximum Gasteiger partial charge on any atom is 0.0534 e. The first kappa shape index (κ1) is 7.89. The lowest BCUT2D eigenvalue weighted by molar-refractivity contribution is 1.65. The highest BCUT2D eigenvalue weighted by atomic mass is 32.1. The summed E-state index contributed by atoms with van der Waals surface area (Å²) in [6.45, 7) is 0. The van der Waals surface area contributed by atoms with Gasteiger partial charge in [-0.2, -0.15) is 0 Å². The molecule has 0 atom stereocenters. The minimum atomic E-state index is 0.983. The Bertz CT molecular complexity index is 479. The van der Waals surface area contributed by atoms with Crippen molar-refractivity contribution in [3.8, 4) is 11.1 Å². The molecule has 0 aromatic heterocycles. The minimum Gasteiger partial charge on any atom is -0.0787 e. The Hall–Kier alpha value is -1.47. The summed E-state index contributed by atoms with van der Waals surface area (Å²) >= 11 is 5.43. The van der Waals surface area contributed by atoms with Crippen molar-refractivity contribution >= 4 is 17.1 Å². The summed E-state index contributed by atoms with van der Waals surface area (Å²) in [7, 11) is 0. The van der Waals surface area contributed by atoms with E-state index in [4.69, 9.17) is 12.2 Å². The summed E-state index contributed by atoms with van der Waals surface area (Å²) in [5.74, 6) is 0. The average molecular weight is 196 g/mol. The Morgan fingerprint density at radius 3 is 1.36 bits per heavy atom. The highest BCUT2D eigenvalue weighted by Gasteiger charge is 2.21. The third-order valence-corrected chi connectivity index (χ3v) is 3.07. The van der Waals surface area contributed by atoms with Crippen molar-refractivity contribution in [3.05, 3.63) is 59.7 Å². The third-order valence-electron chi connectivity index (χ3n) is 2.63. The van der Waals surface area contributed by atoms with E-state index < -0.39 is 0 Å². The Balaban J connectivity index is 2.42. The topological polar surface area (TPSA) is 0 Å². The highest BCUT2D eigenvalue weighted by molar-refractivity contribution is 7.81. The second-order valence-corrected chi connectivity index (χ2v) is 3.83. The highest BCUT2D eigenvalue weighted by Crippen LogP contribution is 2.36. The van der Waals surface area contributed by atoms with E-state index in [-0.39, 0.29) is 0 Å². The molecule has 0 unspecified atom stereocenters. The van der Waals surface area contributed by atoms with E-state index in [2.05, 4.69) is 36.4 Å². The molecule has 0 N–H and O–H groups in total. The molecule has 0 aliphatic heterocycles.